The lowest BCUT2D eigenvalue weighted by atomic mass is 10.2. The average Bonchev–Trinajstić information content (AvgIpc) is 2.83. The molecule has 1 N–H and O–H groups in total. The van der Waals surface area contributed by atoms with Crippen LogP contribution in [0.25, 0.3) is 11.5 Å². The largest absolute Gasteiger partial charge is 0.421 e. The maximum Gasteiger partial charge on any atom is 0.248 e. The molecule has 0 fully saturated rings. The summed E-state index contributed by atoms with van der Waals surface area (Å²) < 4.78 is 19.4. The molecule has 0 saturated carbocycles. The summed E-state index contributed by atoms with van der Waals surface area (Å²) >= 11 is 2.06. The minimum Gasteiger partial charge on any atom is -0.421 e. The van der Waals surface area contributed by atoms with Crippen molar-refractivity contribution in [3.63, 3.8) is 0 Å². The van der Waals surface area contributed by atoms with E-state index in [1.54, 1.807) is 6.07 Å². The van der Waals surface area contributed by atoms with Crippen LogP contribution in [-0.4, -0.2) is 23.3 Å². The Labute approximate surface area is 124 Å². The SMILES string of the molecule is CCCNCCc1nnc(-c2ccc(F)cc2I)o1. The van der Waals surface area contributed by atoms with E-state index in [0.29, 0.717) is 18.2 Å². The van der Waals surface area contributed by atoms with Crippen molar-refractivity contribution in [1.82, 2.24) is 15.5 Å². The number of hydrogen-bond acceptors (Lipinski definition) is 4. The van der Waals surface area contributed by atoms with E-state index < -0.39 is 0 Å². The molecule has 4 nitrogen and oxygen atoms in total. The molecule has 1 aromatic heterocycles. The molecular formula is C13H15FIN3O. The fourth-order valence-corrected chi connectivity index (χ4v) is 2.33. The normalized spacial score (nSPS) is 10.9. The Bertz CT molecular complexity index is 544. The third-order valence-electron chi connectivity index (χ3n) is 2.57. The Morgan fingerprint density at radius 3 is 2.89 bits per heavy atom. The monoisotopic (exact) mass is 375 g/mol. The van der Waals surface area contributed by atoms with Crippen LogP contribution in [0.2, 0.25) is 0 Å². The summed E-state index contributed by atoms with van der Waals surface area (Å²) in [5.74, 6) is 0.769. The van der Waals surface area contributed by atoms with Gasteiger partial charge in [-0.05, 0) is 53.8 Å². The summed E-state index contributed by atoms with van der Waals surface area (Å²) in [5.41, 5.74) is 0.766. The highest BCUT2D eigenvalue weighted by molar-refractivity contribution is 14.1. The van der Waals surface area contributed by atoms with Crippen molar-refractivity contribution < 1.29 is 8.81 Å². The van der Waals surface area contributed by atoms with Crippen LogP contribution >= 0.6 is 22.6 Å². The second-order valence-electron chi connectivity index (χ2n) is 4.13. The van der Waals surface area contributed by atoms with Crippen molar-refractivity contribution in [3.05, 3.63) is 33.5 Å². The first-order valence-electron chi connectivity index (χ1n) is 6.19. The molecule has 0 bridgehead atoms. The van der Waals surface area contributed by atoms with Gasteiger partial charge in [0.05, 0.1) is 5.56 Å². The Morgan fingerprint density at radius 2 is 2.16 bits per heavy atom. The predicted octanol–water partition coefficient (Wildman–Crippen LogP) is 3.02. The first-order valence-corrected chi connectivity index (χ1v) is 7.27. The van der Waals surface area contributed by atoms with Crippen LogP contribution in [0.3, 0.4) is 0 Å². The van der Waals surface area contributed by atoms with Crippen LogP contribution < -0.4 is 5.32 Å². The molecule has 6 heteroatoms. The molecule has 2 aromatic rings. The van der Waals surface area contributed by atoms with E-state index in [-0.39, 0.29) is 5.82 Å². The van der Waals surface area contributed by atoms with Gasteiger partial charge in [-0.15, -0.1) is 10.2 Å². The summed E-state index contributed by atoms with van der Waals surface area (Å²) in [5, 5.41) is 11.3. The third kappa shape index (κ3) is 3.97. The zero-order valence-corrected chi connectivity index (χ0v) is 12.8. The van der Waals surface area contributed by atoms with Crippen LogP contribution in [0.1, 0.15) is 19.2 Å². The van der Waals surface area contributed by atoms with E-state index in [4.69, 9.17) is 4.42 Å². The number of rotatable bonds is 6. The molecule has 0 aliphatic heterocycles. The number of hydrogen-bond donors (Lipinski definition) is 1. The minimum absolute atomic E-state index is 0.267. The second kappa shape index (κ2) is 6.95. The number of aromatic nitrogens is 2. The van der Waals surface area contributed by atoms with Gasteiger partial charge in [0.2, 0.25) is 11.8 Å². The lowest BCUT2D eigenvalue weighted by Crippen LogP contribution is -2.17. The van der Waals surface area contributed by atoms with Gasteiger partial charge in [-0.3, -0.25) is 0 Å². The smallest absolute Gasteiger partial charge is 0.248 e. The topological polar surface area (TPSA) is 51.0 Å². The van der Waals surface area contributed by atoms with Crippen molar-refractivity contribution in [3.8, 4) is 11.5 Å². The lowest BCUT2D eigenvalue weighted by molar-refractivity contribution is 0.494. The number of nitrogens with zero attached hydrogens (tertiary/aromatic N) is 2. The van der Waals surface area contributed by atoms with Gasteiger partial charge in [-0.2, -0.15) is 0 Å². The molecule has 0 atom stereocenters. The first kappa shape index (κ1) is 14.4. The highest BCUT2D eigenvalue weighted by Crippen LogP contribution is 2.24. The van der Waals surface area contributed by atoms with Gasteiger partial charge in [0.15, 0.2) is 0 Å². The van der Waals surface area contributed by atoms with Crippen molar-refractivity contribution in [2.45, 2.75) is 19.8 Å². The van der Waals surface area contributed by atoms with Crippen LogP contribution in [0, 0.1) is 9.39 Å². The molecule has 0 spiro atoms. The van der Waals surface area contributed by atoms with E-state index in [9.17, 15) is 4.39 Å². The molecule has 2 rings (SSSR count). The molecule has 19 heavy (non-hydrogen) atoms. The van der Waals surface area contributed by atoms with Gasteiger partial charge in [0.25, 0.3) is 0 Å². The molecule has 102 valence electrons. The molecule has 1 aromatic carbocycles. The summed E-state index contributed by atoms with van der Waals surface area (Å²) in [7, 11) is 0. The minimum atomic E-state index is -0.267. The standard InChI is InChI=1S/C13H15FIN3O/c1-2-6-16-7-5-12-17-18-13(19-12)10-4-3-9(14)8-11(10)15/h3-4,8,16H,2,5-7H2,1H3. The van der Waals surface area contributed by atoms with Crippen molar-refractivity contribution >= 4 is 22.6 Å². The van der Waals surface area contributed by atoms with Gasteiger partial charge in [-0.1, -0.05) is 6.92 Å². The van der Waals surface area contributed by atoms with Crippen LogP contribution in [0.4, 0.5) is 4.39 Å². The maximum absolute atomic E-state index is 13.0. The Hall–Kier alpha value is -1.02. The van der Waals surface area contributed by atoms with Gasteiger partial charge < -0.3 is 9.73 Å². The van der Waals surface area contributed by atoms with E-state index in [0.717, 1.165) is 28.6 Å². The quantitative estimate of drug-likeness (QED) is 0.623. The molecule has 1 heterocycles. The fourth-order valence-electron chi connectivity index (χ4n) is 1.62. The van der Waals surface area contributed by atoms with Gasteiger partial charge in [-0.25, -0.2) is 4.39 Å². The Balaban J connectivity index is 2.04. The van der Waals surface area contributed by atoms with E-state index in [1.807, 2.05) is 0 Å². The van der Waals surface area contributed by atoms with Crippen molar-refractivity contribution in [1.29, 1.82) is 0 Å². The van der Waals surface area contributed by atoms with Crippen molar-refractivity contribution in [2.75, 3.05) is 13.1 Å². The second-order valence-corrected chi connectivity index (χ2v) is 5.29. The predicted molar refractivity (Wildman–Crippen MR) is 79.3 cm³/mol. The van der Waals surface area contributed by atoms with Crippen molar-refractivity contribution in [2.24, 2.45) is 0 Å². The summed E-state index contributed by atoms with van der Waals surface area (Å²) in [6, 6.07) is 4.50. The summed E-state index contributed by atoms with van der Waals surface area (Å²) in [4.78, 5) is 0. The van der Waals surface area contributed by atoms with E-state index in [1.165, 1.54) is 12.1 Å². The maximum atomic E-state index is 13.0. The number of nitrogens with one attached hydrogen (secondary N) is 1. The zero-order valence-electron chi connectivity index (χ0n) is 10.6. The molecule has 0 aliphatic rings. The average molecular weight is 375 g/mol. The van der Waals surface area contributed by atoms with Crippen LogP contribution in [0.5, 0.6) is 0 Å². The summed E-state index contributed by atoms with van der Waals surface area (Å²) in [6.07, 6.45) is 1.80. The fraction of sp³-hybridized carbons (Fsp3) is 0.385. The van der Waals surface area contributed by atoms with Gasteiger partial charge >= 0.3 is 0 Å². The third-order valence-corrected chi connectivity index (χ3v) is 3.46. The summed E-state index contributed by atoms with van der Waals surface area (Å²) in [6.45, 7) is 3.92. The number of halogens is 2. The Morgan fingerprint density at radius 1 is 1.32 bits per heavy atom. The Kier molecular flexibility index (Phi) is 5.26. The highest BCUT2D eigenvalue weighted by Gasteiger charge is 2.11. The molecule has 0 aliphatic carbocycles. The van der Waals surface area contributed by atoms with Gasteiger partial charge in [0.1, 0.15) is 5.82 Å². The van der Waals surface area contributed by atoms with Crippen LogP contribution in [-0.2, 0) is 6.42 Å². The zero-order chi connectivity index (χ0) is 13.7. The molecule has 0 saturated heterocycles. The van der Waals surface area contributed by atoms with E-state index >= 15 is 0 Å². The highest BCUT2D eigenvalue weighted by atomic mass is 127. The molecule has 0 radical (unpaired) electrons. The molecular weight excluding hydrogens is 360 g/mol. The molecule has 0 amide bonds. The molecule has 0 unspecified atom stereocenters. The number of benzene rings is 1. The lowest BCUT2D eigenvalue weighted by Gasteiger charge is -2.00. The van der Waals surface area contributed by atoms with Gasteiger partial charge in [0, 0.05) is 16.5 Å². The van der Waals surface area contributed by atoms with Crippen LogP contribution in [0.15, 0.2) is 22.6 Å². The first-order chi connectivity index (χ1) is 9.20. The van der Waals surface area contributed by atoms with E-state index in [2.05, 4.69) is 45.0 Å².